The molecule has 0 aliphatic carbocycles. The first-order valence-electron chi connectivity index (χ1n) is 5.62. The molecule has 0 bridgehead atoms. The van der Waals surface area contributed by atoms with Crippen molar-refractivity contribution in [2.75, 3.05) is 7.05 Å². The van der Waals surface area contributed by atoms with Crippen LogP contribution in [0, 0.1) is 6.92 Å². The average Bonchev–Trinajstić information content (AvgIpc) is 2.76. The Balaban J connectivity index is 2.22. The number of benzene rings is 1. The van der Waals surface area contributed by atoms with Crippen molar-refractivity contribution in [2.24, 2.45) is 0 Å². The van der Waals surface area contributed by atoms with Crippen LogP contribution >= 0.6 is 11.6 Å². The molecule has 0 atom stereocenters. The molecule has 0 radical (unpaired) electrons. The van der Waals surface area contributed by atoms with E-state index in [1.165, 1.54) is 17.5 Å². The summed E-state index contributed by atoms with van der Waals surface area (Å²) < 4.78 is 25.8. The Bertz CT molecular complexity index is 682. The lowest BCUT2D eigenvalue weighted by atomic mass is 10.2. The van der Waals surface area contributed by atoms with Gasteiger partial charge in [-0.3, -0.25) is 0 Å². The van der Waals surface area contributed by atoms with Crippen LogP contribution in [0.2, 0.25) is 5.02 Å². The van der Waals surface area contributed by atoms with Crippen molar-refractivity contribution >= 4 is 21.6 Å². The second-order valence-electron chi connectivity index (χ2n) is 4.22. The topological polar surface area (TPSA) is 66.1 Å². The zero-order valence-corrected chi connectivity index (χ0v) is 12.2. The fourth-order valence-corrected chi connectivity index (χ4v) is 3.00. The van der Waals surface area contributed by atoms with Crippen LogP contribution in [0.3, 0.4) is 0 Å². The molecule has 102 valence electrons. The number of sulfonamides is 1. The van der Waals surface area contributed by atoms with Crippen LogP contribution in [0.15, 0.2) is 35.5 Å². The predicted molar refractivity (Wildman–Crippen MR) is 73.4 cm³/mol. The fourth-order valence-electron chi connectivity index (χ4n) is 1.67. The van der Waals surface area contributed by atoms with Gasteiger partial charge in [0.05, 0.1) is 6.20 Å². The van der Waals surface area contributed by atoms with Crippen LogP contribution in [0.4, 0.5) is 0 Å². The Morgan fingerprint density at radius 1 is 1.42 bits per heavy atom. The monoisotopic (exact) mass is 299 g/mol. The molecule has 2 rings (SSSR count). The maximum absolute atomic E-state index is 12.3. The number of halogens is 1. The van der Waals surface area contributed by atoms with Gasteiger partial charge in [0.2, 0.25) is 0 Å². The molecular formula is C12H14ClN3O2S. The SMILES string of the molecule is Cc1ncc(S(=O)(=O)N(C)Cc2cccc(Cl)c2)[nH]1. The van der Waals surface area contributed by atoms with Crippen molar-refractivity contribution in [3.8, 4) is 0 Å². The van der Waals surface area contributed by atoms with Gasteiger partial charge in [0.25, 0.3) is 10.0 Å². The summed E-state index contributed by atoms with van der Waals surface area (Å²) in [5.74, 6) is 0.565. The average molecular weight is 300 g/mol. The van der Waals surface area contributed by atoms with Crippen molar-refractivity contribution < 1.29 is 8.42 Å². The lowest BCUT2D eigenvalue weighted by molar-refractivity contribution is 0.464. The van der Waals surface area contributed by atoms with E-state index in [9.17, 15) is 8.42 Å². The van der Waals surface area contributed by atoms with Crippen LogP contribution in [0.25, 0.3) is 0 Å². The highest BCUT2D eigenvalue weighted by atomic mass is 35.5. The lowest BCUT2D eigenvalue weighted by Crippen LogP contribution is -2.26. The standard InChI is InChI=1S/C12H14ClN3O2S/c1-9-14-7-12(15-9)19(17,18)16(2)8-10-4-3-5-11(13)6-10/h3-7H,8H2,1-2H3,(H,14,15). The van der Waals surface area contributed by atoms with Gasteiger partial charge in [-0.1, -0.05) is 23.7 Å². The predicted octanol–water partition coefficient (Wildman–Crippen LogP) is 2.19. The minimum atomic E-state index is -3.56. The molecule has 5 nitrogen and oxygen atoms in total. The maximum Gasteiger partial charge on any atom is 0.260 e. The van der Waals surface area contributed by atoms with Crippen LogP contribution in [0.1, 0.15) is 11.4 Å². The van der Waals surface area contributed by atoms with Crippen LogP contribution in [-0.4, -0.2) is 29.7 Å². The molecule has 0 saturated carbocycles. The zero-order chi connectivity index (χ0) is 14.0. The third-order valence-electron chi connectivity index (χ3n) is 2.66. The van der Waals surface area contributed by atoms with Crippen molar-refractivity contribution in [3.63, 3.8) is 0 Å². The molecule has 0 spiro atoms. The highest BCUT2D eigenvalue weighted by Gasteiger charge is 2.22. The minimum Gasteiger partial charge on any atom is -0.332 e. The van der Waals surface area contributed by atoms with Gasteiger partial charge in [0.1, 0.15) is 5.82 Å². The summed E-state index contributed by atoms with van der Waals surface area (Å²) in [4.78, 5) is 6.63. The van der Waals surface area contributed by atoms with E-state index in [0.29, 0.717) is 10.8 Å². The number of aromatic nitrogens is 2. The maximum atomic E-state index is 12.3. The Morgan fingerprint density at radius 3 is 2.74 bits per heavy atom. The van der Waals surface area contributed by atoms with E-state index in [1.807, 2.05) is 6.07 Å². The van der Waals surface area contributed by atoms with Gasteiger partial charge in [0.15, 0.2) is 5.03 Å². The van der Waals surface area contributed by atoms with Crippen LogP contribution < -0.4 is 0 Å². The number of rotatable bonds is 4. The number of hydrogen-bond acceptors (Lipinski definition) is 3. The van der Waals surface area contributed by atoms with Crippen molar-refractivity contribution in [2.45, 2.75) is 18.5 Å². The highest BCUT2D eigenvalue weighted by Crippen LogP contribution is 2.17. The normalized spacial score (nSPS) is 12.0. The lowest BCUT2D eigenvalue weighted by Gasteiger charge is -2.16. The van der Waals surface area contributed by atoms with E-state index in [4.69, 9.17) is 11.6 Å². The molecule has 19 heavy (non-hydrogen) atoms. The van der Waals surface area contributed by atoms with Gasteiger partial charge in [0, 0.05) is 18.6 Å². The second kappa shape index (κ2) is 5.32. The summed E-state index contributed by atoms with van der Waals surface area (Å²) in [6.07, 6.45) is 1.32. The van der Waals surface area contributed by atoms with Gasteiger partial charge in [-0.15, -0.1) is 0 Å². The molecule has 2 aromatic rings. The van der Waals surface area contributed by atoms with Crippen LogP contribution in [-0.2, 0) is 16.6 Å². The second-order valence-corrected chi connectivity index (χ2v) is 6.67. The summed E-state index contributed by atoms with van der Waals surface area (Å²) in [6, 6.07) is 7.11. The van der Waals surface area contributed by atoms with E-state index in [2.05, 4.69) is 9.97 Å². The summed E-state index contributed by atoms with van der Waals surface area (Å²) >= 11 is 5.88. The minimum absolute atomic E-state index is 0.0922. The molecule has 1 aromatic carbocycles. The Hall–Kier alpha value is -1.37. The van der Waals surface area contributed by atoms with Crippen molar-refractivity contribution in [1.29, 1.82) is 0 Å². The summed E-state index contributed by atoms with van der Waals surface area (Å²) in [5, 5.41) is 0.676. The molecule has 1 heterocycles. The number of aryl methyl sites for hydroxylation is 1. The smallest absolute Gasteiger partial charge is 0.260 e. The molecule has 1 aromatic heterocycles. The molecule has 0 fully saturated rings. The number of imidazole rings is 1. The van der Waals surface area contributed by atoms with E-state index in [0.717, 1.165) is 5.56 Å². The van der Waals surface area contributed by atoms with Gasteiger partial charge < -0.3 is 4.98 Å². The molecule has 0 saturated heterocycles. The first kappa shape index (κ1) is 14.0. The molecule has 7 heteroatoms. The number of aromatic amines is 1. The number of nitrogens with zero attached hydrogens (tertiary/aromatic N) is 2. The molecule has 0 aliphatic heterocycles. The number of nitrogens with one attached hydrogen (secondary N) is 1. The highest BCUT2D eigenvalue weighted by molar-refractivity contribution is 7.89. The summed E-state index contributed by atoms with van der Waals surface area (Å²) in [6.45, 7) is 1.96. The molecule has 0 unspecified atom stereocenters. The van der Waals surface area contributed by atoms with E-state index in [-0.39, 0.29) is 11.6 Å². The first-order chi connectivity index (χ1) is 8.89. The Kier molecular flexibility index (Phi) is 3.93. The quantitative estimate of drug-likeness (QED) is 0.941. The Labute approximate surface area is 117 Å². The molecule has 0 aliphatic rings. The van der Waals surface area contributed by atoms with Gasteiger partial charge >= 0.3 is 0 Å². The van der Waals surface area contributed by atoms with Gasteiger partial charge in [-0.2, -0.15) is 4.31 Å². The van der Waals surface area contributed by atoms with Gasteiger partial charge in [-0.05, 0) is 24.6 Å². The van der Waals surface area contributed by atoms with Crippen molar-refractivity contribution in [1.82, 2.24) is 14.3 Å². The number of hydrogen-bond donors (Lipinski definition) is 1. The third kappa shape index (κ3) is 3.15. The fraction of sp³-hybridized carbons (Fsp3) is 0.250. The molecular weight excluding hydrogens is 286 g/mol. The van der Waals surface area contributed by atoms with E-state index >= 15 is 0 Å². The third-order valence-corrected chi connectivity index (χ3v) is 4.61. The Morgan fingerprint density at radius 2 is 2.16 bits per heavy atom. The molecule has 0 amide bonds. The summed E-state index contributed by atoms with van der Waals surface area (Å²) in [5.41, 5.74) is 0.829. The van der Waals surface area contributed by atoms with E-state index in [1.54, 1.807) is 25.1 Å². The van der Waals surface area contributed by atoms with E-state index < -0.39 is 10.0 Å². The van der Waals surface area contributed by atoms with Gasteiger partial charge in [-0.25, -0.2) is 13.4 Å². The first-order valence-corrected chi connectivity index (χ1v) is 7.44. The molecule has 1 N–H and O–H groups in total. The van der Waals surface area contributed by atoms with Crippen LogP contribution in [0.5, 0.6) is 0 Å². The zero-order valence-electron chi connectivity index (χ0n) is 10.6. The summed E-state index contributed by atoms with van der Waals surface area (Å²) in [7, 11) is -2.04. The number of H-pyrrole nitrogens is 1. The van der Waals surface area contributed by atoms with Crippen molar-refractivity contribution in [3.05, 3.63) is 46.9 Å². The largest absolute Gasteiger partial charge is 0.332 e.